The Morgan fingerprint density at radius 1 is 0.638 bits per heavy atom. The average Bonchev–Trinajstić information content (AvgIpc) is 3.29. The number of nitrogens with one attached hydrogen (secondary N) is 1. The molecule has 2 aromatic rings. The van der Waals surface area contributed by atoms with Crippen LogP contribution in [0.15, 0.2) is 35.4 Å². The van der Waals surface area contributed by atoms with Gasteiger partial charge in [-0.3, -0.25) is 14.4 Å². The molecule has 13 heteroatoms. The van der Waals surface area contributed by atoms with Gasteiger partial charge in [-0.2, -0.15) is 0 Å². The molecule has 2 saturated heterocycles. The number of allylic oxidation sites excluding steroid dienone is 4. The molecular formula is C56H82N4O9. The Bertz CT molecular complexity index is 2270. The number of piperazine rings is 2. The van der Waals surface area contributed by atoms with E-state index in [2.05, 4.69) is 72.9 Å². The molecular weight excluding hydrogens is 873 g/mol. The molecule has 0 bridgehead atoms. The first-order valence-corrected chi connectivity index (χ1v) is 25.9. The van der Waals surface area contributed by atoms with Gasteiger partial charge in [-0.15, -0.1) is 0 Å². The van der Waals surface area contributed by atoms with Crippen molar-refractivity contribution in [1.29, 1.82) is 0 Å². The highest BCUT2D eigenvalue weighted by atomic mass is 16.5. The Balaban J connectivity index is 0.000000196. The summed E-state index contributed by atoms with van der Waals surface area (Å²) in [6.45, 7) is 25.8. The van der Waals surface area contributed by atoms with E-state index < -0.39 is 5.97 Å². The number of aromatic hydroxyl groups is 2. The zero-order valence-electron chi connectivity index (χ0n) is 43.4. The van der Waals surface area contributed by atoms with Gasteiger partial charge < -0.3 is 44.8 Å². The van der Waals surface area contributed by atoms with E-state index in [1.807, 2.05) is 17.0 Å². The minimum Gasteiger partial charge on any atom is -0.507 e. The van der Waals surface area contributed by atoms with Gasteiger partial charge in [0.1, 0.15) is 39.8 Å². The topological polar surface area (TPSA) is 169 Å². The molecule has 380 valence electrons. The van der Waals surface area contributed by atoms with Crippen molar-refractivity contribution in [2.75, 3.05) is 52.4 Å². The summed E-state index contributed by atoms with van der Waals surface area (Å²) in [6.07, 6.45) is 16.0. The number of carboxylic acids is 1. The number of hydrogen-bond acceptors (Lipinski definition) is 9. The van der Waals surface area contributed by atoms with Crippen LogP contribution in [0.25, 0.3) is 0 Å². The van der Waals surface area contributed by atoms with Crippen LogP contribution >= 0.6 is 0 Å². The predicted octanol–water partition coefficient (Wildman–Crippen LogP) is 9.91. The van der Waals surface area contributed by atoms with Gasteiger partial charge >= 0.3 is 5.97 Å². The maximum Gasteiger partial charge on any atom is 0.339 e. The predicted molar refractivity (Wildman–Crippen MR) is 271 cm³/mol. The van der Waals surface area contributed by atoms with Gasteiger partial charge in [0.15, 0.2) is 0 Å². The minimum atomic E-state index is -1.06. The number of carbonyl (C=O) groups is 4. The van der Waals surface area contributed by atoms with Crippen molar-refractivity contribution < 1.29 is 44.0 Å². The number of aryl methyl sites for hydroxylation is 2. The number of unbranched alkanes of at least 4 members (excludes halogenated alkanes) is 4. The van der Waals surface area contributed by atoms with Crippen LogP contribution < -0.4 is 14.8 Å². The van der Waals surface area contributed by atoms with Gasteiger partial charge in [0.2, 0.25) is 11.8 Å². The van der Waals surface area contributed by atoms with Crippen LogP contribution in [0.3, 0.4) is 0 Å². The molecule has 0 spiro atoms. The maximum absolute atomic E-state index is 13.8. The van der Waals surface area contributed by atoms with Gasteiger partial charge in [0, 0.05) is 101 Å². The summed E-state index contributed by atoms with van der Waals surface area (Å²) in [4.78, 5) is 53.5. The van der Waals surface area contributed by atoms with Gasteiger partial charge in [0.05, 0.1) is 5.56 Å². The number of phenols is 2. The molecule has 13 nitrogen and oxygen atoms in total. The van der Waals surface area contributed by atoms with Crippen molar-refractivity contribution in [3.63, 3.8) is 0 Å². The number of carboxylic acid groups (broad SMARTS) is 1. The summed E-state index contributed by atoms with van der Waals surface area (Å²) >= 11 is 0. The summed E-state index contributed by atoms with van der Waals surface area (Å²) in [5.74, 6) is 0.935. The summed E-state index contributed by atoms with van der Waals surface area (Å²) < 4.78 is 12.8. The Hall–Kier alpha value is -5.04. The van der Waals surface area contributed by atoms with Crippen molar-refractivity contribution in [3.8, 4) is 23.0 Å². The van der Waals surface area contributed by atoms with E-state index in [4.69, 9.17) is 9.47 Å². The van der Waals surface area contributed by atoms with Gasteiger partial charge in [-0.1, -0.05) is 62.8 Å². The van der Waals surface area contributed by atoms with E-state index >= 15 is 0 Å². The molecule has 8 rings (SSSR count). The van der Waals surface area contributed by atoms with Crippen LogP contribution in [0.4, 0.5) is 0 Å². The first kappa shape index (κ1) is 53.3. The summed E-state index contributed by atoms with van der Waals surface area (Å²) in [5.41, 5.74) is 5.40. The molecule has 6 aliphatic rings. The third-order valence-electron chi connectivity index (χ3n) is 15.6. The SMILES string of the molecule is CC(=O)N1CCNCC1.CCCCCc1cc2c(c(O)c1C(=O)N1CCN(C(C)=O)CC1)[C@@H]1C=C(C)CC[C@H]1C(C)(C)O2.CCCCCc1cc2c(c(O)c1C(=O)O)[C@@H]1C=C(C)CC[C@H]1C(C)(C)O2. The van der Waals surface area contributed by atoms with Crippen LogP contribution in [0, 0.1) is 11.8 Å². The summed E-state index contributed by atoms with van der Waals surface area (Å²) in [7, 11) is 0. The molecule has 4 N–H and O–H groups in total. The second-order valence-corrected chi connectivity index (χ2v) is 21.4. The molecule has 2 aromatic carbocycles. The number of ether oxygens (including phenoxy) is 2. The molecule has 3 amide bonds. The number of amides is 3. The van der Waals surface area contributed by atoms with Gasteiger partial charge in [-0.05, 0) is 116 Å². The lowest BCUT2D eigenvalue weighted by Crippen LogP contribution is -2.50. The van der Waals surface area contributed by atoms with Gasteiger partial charge in [-0.25, -0.2) is 4.79 Å². The highest BCUT2D eigenvalue weighted by Gasteiger charge is 2.48. The lowest BCUT2D eigenvalue weighted by molar-refractivity contribution is -0.130. The monoisotopic (exact) mass is 955 g/mol. The fourth-order valence-corrected chi connectivity index (χ4v) is 11.6. The Kier molecular flexibility index (Phi) is 17.6. The molecule has 2 fully saturated rings. The van der Waals surface area contributed by atoms with E-state index in [0.29, 0.717) is 55.0 Å². The molecule has 2 aliphatic carbocycles. The first-order valence-electron chi connectivity index (χ1n) is 25.9. The molecule has 0 saturated carbocycles. The van der Waals surface area contributed by atoms with Crippen molar-refractivity contribution in [1.82, 2.24) is 20.0 Å². The van der Waals surface area contributed by atoms with E-state index in [0.717, 1.165) is 114 Å². The van der Waals surface area contributed by atoms with Crippen molar-refractivity contribution in [2.24, 2.45) is 11.8 Å². The number of hydrogen-bond donors (Lipinski definition) is 4. The van der Waals surface area contributed by atoms with Crippen molar-refractivity contribution in [3.05, 3.63) is 68.8 Å². The smallest absolute Gasteiger partial charge is 0.339 e. The van der Waals surface area contributed by atoms with Gasteiger partial charge in [0.25, 0.3) is 5.91 Å². The standard InChI is InChI=1S/C28H40N2O4.C22H30O4.C6H12N2O/c1-6-7-8-9-20-17-23-25(21-16-18(2)10-11-22(21)28(4,5)34-23)26(32)24(20)27(33)30-14-12-29(13-15-30)19(3)31;1-5-6-7-8-14-12-17-19(20(23)18(14)21(24)25)15-11-13(2)9-10-16(15)22(3,4)26-17;1-6(9)8-4-2-7-3-5-8/h16-17,21-22,32H,6-15H2,1-5H3;11-12,15-16,23H,5-10H2,1-4H3,(H,24,25);7H,2-5H2,1H3/t21-,22-;15-,16-;/m11./s1. The van der Waals surface area contributed by atoms with E-state index in [1.54, 1.807) is 23.6 Å². The van der Waals surface area contributed by atoms with E-state index in [9.17, 15) is 34.5 Å². The number of aromatic carboxylic acids is 1. The molecule has 4 atom stereocenters. The minimum absolute atomic E-state index is 0.00490. The second kappa shape index (κ2) is 22.8. The number of rotatable bonds is 10. The maximum atomic E-state index is 13.8. The van der Waals surface area contributed by atoms with Crippen LogP contribution in [0.1, 0.15) is 188 Å². The zero-order chi connectivity index (χ0) is 50.4. The highest BCUT2D eigenvalue weighted by molar-refractivity contribution is 5.99. The van der Waals surface area contributed by atoms with E-state index in [-0.39, 0.29) is 69.7 Å². The fraction of sp³-hybridized carbons (Fsp3) is 0.643. The highest BCUT2D eigenvalue weighted by Crippen LogP contribution is 2.56. The molecule has 4 heterocycles. The van der Waals surface area contributed by atoms with Crippen LogP contribution in [0.2, 0.25) is 0 Å². The third kappa shape index (κ3) is 12.1. The first-order chi connectivity index (χ1) is 32.7. The Labute approximate surface area is 411 Å². The lowest BCUT2D eigenvalue weighted by Gasteiger charge is -2.47. The van der Waals surface area contributed by atoms with Crippen molar-refractivity contribution >= 4 is 23.7 Å². The summed E-state index contributed by atoms with van der Waals surface area (Å²) in [5, 5.41) is 35.5. The molecule has 69 heavy (non-hydrogen) atoms. The number of nitrogens with zero attached hydrogens (tertiary/aromatic N) is 3. The average molecular weight is 955 g/mol. The Morgan fingerprint density at radius 2 is 1.04 bits per heavy atom. The summed E-state index contributed by atoms with van der Waals surface area (Å²) in [6, 6.07) is 3.89. The largest absolute Gasteiger partial charge is 0.507 e. The van der Waals surface area contributed by atoms with E-state index in [1.165, 1.54) is 11.1 Å². The third-order valence-corrected chi connectivity index (χ3v) is 15.6. The van der Waals surface area contributed by atoms with Crippen molar-refractivity contribution in [2.45, 2.75) is 169 Å². The number of phenolic OH excluding ortho intramolecular Hbond substituents is 1. The fourth-order valence-electron chi connectivity index (χ4n) is 11.6. The number of fused-ring (bicyclic) bond motifs is 6. The number of carbonyl (C=O) groups excluding carboxylic acids is 3. The molecule has 0 radical (unpaired) electrons. The van der Waals surface area contributed by atoms with Crippen LogP contribution in [-0.4, -0.2) is 117 Å². The van der Waals surface area contributed by atoms with Crippen LogP contribution in [0.5, 0.6) is 23.0 Å². The normalized spacial score (nSPS) is 23.0. The van der Waals surface area contributed by atoms with Crippen LogP contribution in [-0.2, 0) is 22.4 Å². The molecule has 0 aromatic heterocycles. The Morgan fingerprint density at radius 3 is 1.45 bits per heavy atom. The zero-order valence-corrected chi connectivity index (χ0v) is 43.4. The second-order valence-electron chi connectivity index (χ2n) is 21.4. The molecule has 4 aliphatic heterocycles. The lowest BCUT2D eigenvalue weighted by atomic mass is 9.67. The molecule has 0 unspecified atom stereocenters. The number of benzene rings is 2. The quantitative estimate of drug-likeness (QED) is 0.133.